The van der Waals surface area contributed by atoms with Crippen LogP contribution in [0, 0.1) is 20.8 Å². The largest absolute Gasteiger partial charge is 0.308 e. The summed E-state index contributed by atoms with van der Waals surface area (Å²) in [6, 6.07) is 6.62. The van der Waals surface area contributed by atoms with E-state index in [1.165, 1.54) is 27.9 Å². The van der Waals surface area contributed by atoms with Gasteiger partial charge in [0.05, 0.1) is 6.20 Å². The van der Waals surface area contributed by atoms with Gasteiger partial charge in [-0.2, -0.15) is 5.10 Å². The van der Waals surface area contributed by atoms with Crippen molar-refractivity contribution in [2.24, 2.45) is 7.05 Å². The molecule has 0 unspecified atom stereocenters. The first-order valence-electron chi connectivity index (χ1n) is 6.32. The lowest BCUT2D eigenvalue weighted by atomic mass is 10.1. The van der Waals surface area contributed by atoms with E-state index in [1.807, 2.05) is 17.9 Å². The summed E-state index contributed by atoms with van der Waals surface area (Å²) in [6.45, 7) is 8.16. The first-order valence-corrected chi connectivity index (χ1v) is 6.32. The second-order valence-corrected chi connectivity index (χ2v) is 4.90. The van der Waals surface area contributed by atoms with Gasteiger partial charge in [-0.3, -0.25) is 4.68 Å². The van der Waals surface area contributed by atoms with Crippen molar-refractivity contribution >= 4 is 0 Å². The molecule has 0 aliphatic carbocycles. The van der Waals surface area contributed by atoms with E-state index < -0.39 is 0 Å². The fourth-order valence-electron chi connectivity index (χ4n) is 1.97. The van der Waals surface area contributed by atoms with E-state index in [0.717, 1.165) is 13.1 Å². The smallest absolute Gasteiger partial charge is 0.0537 e. The maximum absolute atomic E-state index is 4.24. The van der Waals surface area contributed by atoms with Crippen LogP contribution >= 0.6 is 0 Å². The van der Waals surface area contributed by atoms with Crippen LogP contribution in [0.2, 0.25) is 0 Å². The Bertz CT molecular complexity index is 541. The van der Waals surface area contributed by atoms with Gasteiger partial charge in [0.15, 0.2) is 0 Å². The monoisotopic (exact) mass is 243 g/mol. The zero-order valence-corrected chi connectivity index (χ0v) is 11.6. The minimum atomic E-state index is 0.868. The van der Waals surface area contributed by atoms with Gasteiger partial charge >= 0.3 is 0 Å². The minimum Gasteiger partial charge on any atom is -0.308 e. The van der Waals surface area contributed by atoms with E-state index in [0.29, 0.717) is 0 Å². The van der Waals surface area contributed by atoms with Crippen LogP contribution in [0.25, 0.3) is 0 Å². The molecule has 2 rings (SSSR count). The van der Waals surface area contributed by atoms with Crippen LogP contribution in [0.4, 0.5) is 0 Å². The Balaban J connectivity index is 1.92. The first kappa shape index (κ1) is 12.8. The fourth-order valence-corrected chi connectivity index (χ4v) is 1.97. The average Bonchev–Trinajstić information content (AvgIpc) is 2.66. The number of aromatic nitrogens is 2. The summed E-state index contributed by atoms with van der Waals surface area (Å²) in [5.74, 6) is 0. The Morgan fingerprint density at radius 2 is 1.89 bits per heavy atom. The van der Waals surface area contributed by atoms with E-state index in [4.69, 9.17) is 0 Å². The maximum Gasteiger partial charge on any atom is 0.0537 e. The molecule has 0 saturated heterocycles. The quantitative estimate of drug-likeness (QED) is 0.894. The molecule has 0 radical (unpaired) electrons. The Labute approximate surface area is 109 Å². The maximum atomic E-state index is 4.24. The molecular formula is C15H21N3. The van der Waals surface area contributed by atoms with Gasteiger partial charge in [-0.25, -0.2) is 0 Å². The molecule has 3 heteroatoms. The predicted octanol–water partition coefficient (Wildman–Crippen LogP) is 2.64. The second kappa shape index (κ2) is 5.36. The lowest BCUT2D eigenvalue weighted by molar-refractivity contribution is 0.684. The molecule has 2 aromatic rings. The van der Waals surface area contributed by atoms with Crippen molar-refractivity contribution in [2.45, 2.75) is 33.9 Å². The van der Waals surface area contributed by atoms with Crippen LogP contribution in [-0.2, 0) is 20.1 Å². The molecule has 3 nitrogen and oxygen atoms in total. The molecule has 0 amide bonds. The Morgan fingerprint density at radius 3 is 2.50 bits per heavy atom. The average molecular weight is 243 g/mol. The van der Waals surface area contributed by atoms with Gasteiger partial charge in [0.1, 0.15) is 0 Å². The highest BCUT2D eigenvalue weighted by Gasteiger charge is 2.03. The van der Waals surface area contributed by atoms with Crippen LogP contribution < -0.4 is 5.32 Å². The normalized spacial score (nSPS) is 10.9. The van der Waals surface area contributed by atoms with Crippen LogP contribution in [0.3, 0.4) is 0 Å². The summed E-state index contributed by atoms with van der Waals surface area (Å²) in [4.78, 5) is 0. The van der Waals surface area contributed by atoms with E-state index >= 15 is 0 Å². The number of rotatable bonds is 4. The molecule has 1 aromatic heterocycles. The van der Waals surface area contributed by atoms with Crippen molar-refractivity contribution in [1.82, 2.24) is 15.1 Å². The summed E-state index contributed by atoms with van der Waals surface area (Å²) >= 11 is 0. The standard InChI is InChI=1S/C15H21N3/c1-11-5-6-14(7-12(11)2)8-16-9-15-10-17-18(4)13(15)3/h5-7,10,16H,8-9H2,1-4H3. The van der Waals surface area contributed by atoms with E-state index in [9.17, 15) is 0 Å². The van der Waals surface area contributed by atoms with Crippen molar-refractivity contribution in [3.05, 3.63) is 52.3 Å². The lowest BCUT2D eigenvalue weighted by Gasteiger charge is -2.07. The summed E-state index contributed by atoms with van der Waals surface area (Å²) in [7, 11) is 1.97. The van der Waals surface area contributed by atoms with Crippen molar-refractivity contribution in [1.29, 1.82) is 0 Å². The fraction of sp³-hybridized carbons (Fsp3) is 0.400. The number of hydrogen-bond donors (Lipinski definition) is 1. The lowest BCUT2D eigenvalue weighted by Crippen LogP contribution is -2.13. The highest BCUT2D eigenvalue weighted by molar-refractivity contribution is 5.29. The van der Waals surface area contributed by atoms with Gasteiger partial charge in [-0.05, 0) is 37.5 Å². The van der Waals surface area contributed by atoms with Gasteiger partial charge in [-0.15, -0.1) is 0 Å². The summed E-state index contributed by atoms with van der Waals surface area (Å²) in [5, 5.41) is 7.71. The number of benzene rings is 1. The van der Waals surface area contributed by atoms with Crippen molar-refractivity contribution in [2.75, 3.05) is 0 Å². The number of nitrogens with zero attached hydrogens (tertiary/aromatic N) is 2. The zero-order chi connectivity index (χ0) is 13.1. The van der Waals surface area contributed by atoms with Gasteiger partial charge in [0, 0.05) is 31.4 Å². The van der Waals surface area contributed by atoms with Crippen LogP contribution in [0.5, 0.6) is 0 Å². The second-order valence-electron chi connectivity index (χ2n) is 4.90. The molecule has 0 spiro atoms. The van der Waals surface area contributed by atoms with E-state index in [2.05, 4.69) is 49.4 Å². The van der Waals surface area contributed by atoms with Gasteiger partial charge in [0.2, 0.25) is 0 Å². The molecule has 18 heavy (non-hydrogen) atoms. The van der Waals surface area contributed by atoms with Gasteiger partial charge < -0.3 is 5.32 Å². The molecule has 0 aliphatic rings. The Kier molecular flexibility index (Phi) is 3.82. The van der Waals surface area contributed by atoms with Crippen molar-refractivity contribution < 1.29 is 0 Å². The number of hydrogen-bond acceptors (Lipinski definition) is 2. The van der Waals surface area contributed by atoms with Crippen LogP contribution in [0.1, 0.15) is 27.9 Å². The third-order valence-corrected chi connectivity index (χ3v) is 3.55. The van der Waals surface area contributed by atoms with Crippen molar-refractivity contribution in [3.63, 3.8) is 0 Å². The molecule has 0 fully saturated rings. The summed E-state index contributed by atoms with van der Waals surface area (Å²) in [6.07, 6.45) is 1.93. The Morgan fingerprint density at radius 1 is 1.11 bits per heavy atom. The first-order chi connectivity index (χ1) is 8.58. The van der Waals surface area contributed by atoms with Crippen LogP contribution in [-0.4, -0.2) is 9.78 Å². The topological polar surface area (TPSA) is 29.9 Å². The molecule has 0 bridgehead atoms. The molecule has 0 aliphatic heterocycles. The SMILES string of the molecule is Cc1ccc(CNCc2cnn(C)c2C)cc1C. The van der Waals surface area contributed by atoms with Crippen molar-refractivity contribution in [3.8, 4) is 0 Å². The zero-order valence-electron chi connectivity index (χ0n) is 11.6. The summed E-state index contributed by atoms with van der Waals surface area (Å²) < 4.78 is 1.91. The minimum absolute atomic E-state index is 0.868. The van der Waals surface area contributed by atoms with Gasteiger partial charge in [0.25, 0.3) is 0 Å². The highest BCUT2D eigenvalue weighted by Crippen LogP contribution is 2.10. The predicted molar refractivity (Wildman–Crippen MR) is 74.4 cm³/mol. The van der Waals surface area contributed by atoms with Crippen LogP contribution in [0.15, 0.2) is 24.4 Å². The molecule has 0 atom stereocenters. The molecule has 0 saturated carbocycles. The third kappa shape index (κ3) is 2.79. The molecule has 1 aromatic carbocycles. The van der Waals surface area contributed by atoms with E-state index in [1.54, 1.807) is 0 Å². The Hall–Kier alpha value is -1.61. The number of aryl methyl sites for hydroxylation is 3. The number of nitrogens with one attached hydrogen (secondary N) is 1. The molecule has 1 N–H and O–H groups in total. The molecule has 96 valence electrons. The molecule has 1 heterocycles. The molecular weight excluding hydrogens is 222 g/mol. The van der Waals surface area contributed by atoms with E-state index in [-0.39, 0.29) is 0 Å². The van der Waals surface area contributed by atoms with Gasteiger partial charge in [-0.1, -0.05) is 18.2 Å². The summed E-state index contributed by atoms with van der Waals surface area (Å²) in [5.41, 5.74) is 6.53. The third-order valence-electron chi connectivity index (χ3n) is 3.55. The highest BCUT2D eigenvalue weighted by atomic mass is 15.3.